The minimum absolute atomic E-state index is 0.181. The lowest BCUT2D eigenvalue weighted by Crippen LogP contribution is -2.12. The van der Waals surface area contributed by atoms with E-state index in [9.17, 15) is 9.18 Å². The topological polar surface area (TPSA) is 29.1 Å². The molecule has 0 radical (unpaired) electrons. The van der Waals surface area contributed by atoms with Gasteiger partial charge in [0.25, 0.3) is 5.91 Å². The highest BCUT2D eigenvalue weighted by molar-refractivity contribution is 5.98. The van der Waals surface area contributed by atoms with Crippen molar-refractivity contribution in [3.05, 3.63) is 35.1 Å². The Morgan fingerprint density at radius 2 is 2.27 bits per heavy atom. The first-order valence-corrected chi connectivity index (χ1v) is 3.34. The number of carbonyl (C=O) groups is 1. The van der Waals surface area contributed by atoms with E-state index in [1.165, 1.54) is 12.1 Å². The third-order valence-electron chi connectivity index (χ3n) is 1.76. The van der Waals surface area contributed by atoms with Gasteiger partial charge in [-0.3, -0.25) is 4.79 Å². The predicted molar refractivity (Wildman–Crippen MR) is 37.6 cm³/mol. The summed E-state index contributed by atoms with van der Waals surface area (Å²) in [6.45, 7) is 0.522. The summed E-state index contributed by atoms with van der Waals surface area (Å²) in [6, 6.07) is 4.25. The van der Waals surface area contributed by atoms with Crippen molar-refractivity contribution in [1.82, 2.24) is 5.32 Å². The zero-order valence-corrected chi connectivity index (χ0v) is 5.73. The average Bonchev–Trinajstić information content (AvgIpc) is 2.33. The van der Waals surface area contributed by atoms with Gasteiger partial charge >= 0.3 is 0 Å². The molecule has 1 heterocycles. The molecule has 0 aromatic heterocycles. The van der Waals surface area contributed by atoms with Crippen LogP contribution in [0.4, 0.5) is 4.39 Å². The Balaban J connectivity index is 2.60. The molecule has 2 nitrogen and oxygen atoms in total. The molecule has 1 amide bonds. The fraction of sp³-hybridized carbons (Fsp3) is 0.125. The van der Waals surface area contributed by atoms with E-state index in [2.05, 4.69) is 5.32 Å². The highest BCUT2D eigenvalue weighted by Gasteiger charge is 2.18. The molecule has 1 aromatic carbocycles. The number of carbonyl (C=O) groups excluding carboxylic acids is 1. The SMILES string of the molecule is O=C1NCc2ccc(F)cc21. The largest absolute Gasteiger partial charge is 0.348 e. The number of rotatable bonds is 0. The Kier molecular flexibility index (Phi) is 1.18. The molecule has 0 spiro atoms. The van der Waals surface area contributed by atoms with E-state index in [4.69, 9.17) is 0 Å². The standard InChI is InChI=1S/C8H6FNO/c9-6-2-1-5-4-10-8(11)7(5)3-6/h1-3H,4H2,(H,10,11). The number of fused-ring (bicyclic) bond motifs is 1. The van der Waals surface area contributed by atoms with Crippen molar-refractivity contribution < 1.29 is 9.18 Å². The lowest BCUT2D eigenvalue weighted by Gasteiger charge is -1.92. The molecule has 0 saturated heterocycles. The number of hydrogen-bond acceptors (Lipinski definition) is 1. The van der Waals surface area contributed by atoms with Crippen LogP contribution in [0.5, 0.6) is 0 Å². The first kappa shape index (κ1) is 6.34. The van der Waals surface area contributed by atoms with Crippen LogP contribution in [0.25, 0.3) is 0 Å². The molecule has 1 N–H and O–H groups in total. The van der Waals surface area contributed by atoms with Crippen LogP contribution in [0, 0.1) is 5.82 Å². The number of halogens is 1. The lowest BCUT2D eigenvalue weighted by atomic mass is 10.1. The first-order chi connectivity index (χ1) is 5.27. The second kappa shape index (κ2) is 2.05. The first-order valence-electron chi connectivity index (χ1n) is 3.34. The van der Waals surface area contributed by atoms with Crippen LogP contribution in [0.15, 0.2) is 18.2 Å². The van der Waals surface area contributed by atoms with Crippen molar-refractivity contribution in [1.29, 1.82) is 0 Å². The Bertz CT molecular complexity index is 322. The van der Waals surface area contributed by atoms with Gasteiger partial charge in [0.2, 0.25) is 0 Å². The molecule has 0 bridgehead atoms. The summed E-state index contributed by atoms with van der Waals surface area (Å²) >= 11 is 0. The predicted octanol–water partition coefficient (Wildman–Crippen LogP) is 1.07. The van der Waals surface area contributed by atoms with E-state index in [1.807, 2.05) is 0 Å². The number of hydrogen-bond donors (Lipinski definition) is 1. The number of benzene rings is 1. The smallest absolute Gasteiger partial charge is 0.252 e. The van der Waals surface area contributed by atoms with Crippen LogP contribution in [-0.4, -0.2) is 5.91 Å². The van der Waals surface area contributed by atoms with E-state index >= 15 is 0 Å². The van der Waals surface area contributed by atoms with Gasteiger partial charge in [-0.15, -0.1) is 0 Å². The molecule has 0 fully saturated rings. The van der Waals surface area contributed by atoms with Crippen LogP contribution >= 0.6 is 0 Å². The molecule has 1 aliphatic rings. The molecule has 1 aromatic rings. The van der Waals surface area contributed by atoms with Crippen molar-refractivity contribution in [3.8, 4) is 0 Å². The molecule has 1 aliphatic heterocycles. The molecular weight excluding hydrogens is 145 g/mol. The van der Waals surface area contributed by atoms with Crippen LogP contribution in [0.3, 0.4) is 0 Å². The minimum Gasteiger partial charge on any atom is -0.348 e. The summed E-state index contributed by atoms with van der Waals surface area (Å²) in [5.74, 6) is -0.541. The summed E-state index contributed by atoms with van der Waals surface area (Å²) in [6.07, 6.45) is 0. The van der Waals surface area contributed by atoms with E-state index in [0.717, 1.165) is 5.56 Å². The van der Waals surface area contributed by atoms with Gasteiger partial charge in [0.1, 0.15) is 5.82 Å². The molecular formula is C8H6FNO. The van der Waals surface area contributed by atoms with Crippen molar-refractivity contribution in [2.45, 2.75) is 6.54 Å². The zero-order valence-electron chi connectivity index (χ0n) is 5.73. The molecule has 56 valence electrons. The maximum Gasteiger partial charge on any atom is 0.252 e. The van der Waals surface area contributed by atoms with Crippen molar-refractivity contribution in [2.24, 2.45) is 0 Å². The summed E-state index contributed by atoms with van der Waals surface area (Å²) in [5.41, 5.74) is 1.33. The third kappa shape index (κ3) is 0.888. The Hall–Kier alpha value is -1.38. The van der Waals surface area contributed by atoms with Gasteiger partial charge in [0.05, 0.1) is 0 Å². The molecule has 3 heteroatoms. The zero-order chi connectivity index (χ0) is 7.84. The van der Waals surface area contributed by atoms with Crippen LogP contribution in [0.1, 0.15) is 15.9 Å². The van der Waals surface area contributed by atoms with Crippen LogP contribution < -0.4 is 5.32 Å². The molecule has 0 aliphatic carbocycles. The Morgan fingerprint density at radius 1 is 1.45 bits per heavy atom. The summed E-state index contributed by atoms with van der Waals surface area (Å²) in [5, 5.41) is 2.61. The van der Waals surface area contributed by atoms with Crippen molar-refractivity contribution >= 4 is 5.91 Å². The average molecular weight is 151 g/mol. The maximum absolute atomic E-state index is 12.6. The van der Waals surface area contributed by atoms with E-state index < -0.39 is 0 Å². The van der Waals surface area contributed by atoms with E-state index in [1.54, 1.807) is 6.07 Å². The van der Waals surface area contributed by atoms with Gasteiger partial charge < -0.3 is 5.32 Å². The Labute approximate surface area is 63.0 Å². The molecule has 11 heavy (non-hydrogen) atoms. The quantitative estimate of drug-likeness (QED) is 0.590. The van der Waals surface area contributed by atoms with Crippen molar-refractivity contribution in [3.63, 3.8) is 0 Å². The fourth-order valence-corrected chi connectivity index (χ4v) is 1.18. The molecule has 0 saturated carbocycles. The van der Waals surface area contributed by atoms with Crippen molar-refractivity contribution in [2.75, 3.05) is 0 Å². The summed E-state index contributed by atoms with van der Waals surface area (Å²) in [4.78, 5) is 10.9. The minimum atomic E-state index is -0.360. The number of amides is 1. The van der Waals surface area contributed by atoms with Gasteiger partial charge in [-0.25, -0.2) is 4.39 Å². The van der Waals surface area contributed by atoms with E-state index in [-0.39, 0.29) is 11.7 Å². The Morgan fingerprint density at radius 3 is 3.09 bits per heavy atom. The van der Waals surface area contributed by atoms with Crippen LogP contribution in [0.2, 0.25) is 0 Å². The molecule has 2 rings (SSSR count). The number of nitrogens with one attached hydrogen (secondary N) is 1. The second-order valence-corrected chi connectivity index (χ2v) is 2.48. The monoisotopic (exact) mass is 151 g/mol. The van der Waals surface area contributed by atoms with Crippen LogP contribution in [-0.2, 0) is 6.54 Å². The van der Waals surface area contributed by atoms with E-state index in [0.29, 0.717) is 12.1 Å². The summed E-state index contributed by atoms with van der Waals surface area (Å²) < 4.78 is 12.6. The second-order valence-electron chi connectivity index (χ2n) is 2.48. The normalized spacial score (nSPS) is 14.5. The maximum atomic E-state index is 12.6. The van der Waals surface area contributed by atoms with Gasteiger partial charge in [0, 0.05) is 12.1 Å². The summed E-state index contributed by atoms with van der Waals surface area (Å²) in [7, 11) is 0. The third-order valence-corrected chi connectivity index (χ3v) is 1.76. The fourth-order valence-electron chi connectivity index (χ4n) is 1.18. The molecule has 0 unspecified atom stereocenters. The highest BCUT2D eigenvalue weighted by Crippen LogP contribution is 2.15. The highest BCUT2D eigenvalue weighted by atomic mass is 19.1. The lowest BCUT2D eigenvalue weighted by molar-refractivity contribution is 0.0965. The van der Waals surface area contributed by atoms with Gasteiger partial charge in [-0.05, 0) is 17.7 Å². The van der Waals surface area contributed by atoms with Gasteiger partial charge in [0.15, 0.2) is 0 Å². The van der Waals surface area contributed by atoms with Gasteiger partial charge in [-0.1, -0.05) is 6.07 Å². The molecule has 0 atom stereocenters. The van der Waals surface area contributed by atoms with Gasteiger partial charge in [-0.2, -0.15) is 0 Å².